The highest BCUT2D eigenvalue weighted by molar-refractivity contribution is 8.01. The summed E-state index contributed by atoms with van der Waals surface area (Å²) < 4.78 is 13.7. The largest absolute Gasteiger partial charge is 0.372 e. The molecule has 1 aliphatic rings. The van der Waals surface area contributed by atoms with Gasteiger partial charge in [0.2, 0.25) is 11.0 Å². The maximum absolute atomic E-state index is 13.0. The Hall–Kier alpha value is -2.65. The van der Waals surface area contributed by atoms with Crippen molar-refractivity contribution >= 4 is 45.5 Å². The summed E-state index contributed by atoms with van der Waals surface area (Å²) in [6, 6.07) is 14.3. The zero-order valence-electron chi connectivity index (χ0n) is 17.0. The van der Waals surface area contributed by atoms with Crippen LogP contribution in [-0.2, 0) is 11.3 Å². The van der Waals surface area contributed by atoms with Crippen LogP contribution < -0.4 is 15.5 Å². The molecule has 0 unspecified atom stereocenters. The lowest BCUT2D eigenvalue weighted by Crippen LogP contribution is -2.29. The Morgan fingerprint density at radius 2 is 1.77 bits per heavy atom. The summed E-state index contributed by atoms with van der Waals surface area (Å²) in [6.45, 7) is 2.74. The van der Waals surface area contributed by atoms with Crippen molar-refractivity contribution in [1.82, 2.24) is 10.2 Å². The molecule has 2 heterocycles. The van der Waals surface area contributed by atoms with E-state index >= 15 is 0 Å². The maximum atomic E-state index is 13.0. The summed E-state index contributed by atoms with van der Waals surface area (Å²) in [5, 5.41) is 15.0. The fourth-order valence-corrected chi connectivity index (χ4v) is 4.90. The van der Waals surface area contributed by atoms with E-state index in [1.807, 2.05) is 12.1 Å². The van der Waals surface area contributed by atoms with E-state index < -0.39 is 0 Å². The standard InChI is InChI=1S/C22H24FN5OS2/c23-17-6-4-16(5-7-17)14-24-21-26-27-22(31-21)30-15-20(29)25-18-8-10-19(11-9-18)28-12-2-1-3-13-28/h4-11H,1-3,12-15H2,(H,24,26)(H,25,29). The number of anilines is 3. The van der Waals surface area contributed by atoms with Gasteiger partial charge in [0.15, 0.2) is 4.34 Å². The van der Waals surface area contributed by atoms with Crippen LogP contribution in [0.1, 0.15) is 24.8 Å². The summed E-state index contributed by atoms with van der Waals surface area (Å²) in [5.74, 6) is -0.0678. The molecule has 0 atom stereocenters. The molecule has 0 aliphatic carbocycles. The lowest BCUT2D eigenvalue weighted by molar-refractivity contribution is -0.113. The Balaban J connectivity index is 1.21. The number of halogens is 1. The van der Waals surface area contributed by atoms with Crippen molar-refractivity contribution in [1.29, 1.82) is 0 Å². The molecule has 1 aromatic heterocycles. The molecule has 162 valence electrons. The third kappa shape index (κ3) is 6.41. The number of hydrogen-bond acceptors (Lipinski definition) is 7. The number of benzene rings is 2. The van der Waals surface area contributed by atoms with E-state index in [1.165, 1.54) is 60.2 Å². The second-order valence-corrected chi connectivity index (χ2v) is 9.48. The highest BCUT2D eigenvalue weighted by Gasteiger charge is 2.12. The zero-order chi connectivity index (χ0) is 21.5. The summed E-state index contributed by atoms with van der Waals surface area (Å²) >= 11 is 2.74. The van der Waals surface area contributed by atoms with E-state index in [1.54, 1.807) is 12.1 Å². The minimum atomic E-state index is -0.255. The summed E-state index contributed by atoms with van der Waals surface area (Å²) in [5.41, 5.74) is 2.96. The second kappa shape index (κ2) is 10.6. The van der Waals surface area contributed by atoms with E-state index in [9.17, 15) is 9.18 Å². The van der Waals surface area contributed by atoms with Crippen molar-refractivity contribution in [2.75, 3.05) is 34.4 Å². The molecule has 0 bridgehead atoms. The molecule has 4 rings (SSSR count). The molecule has 9 heteroatoms. The number of nitrogens with one attached hydrogen (secondary N) is 2. The van der Waals surface area contributed by atoms with Crippen LogP contribution in [0.5, 0.6) is 0 Å². The molecule has 6 nitrogen and oxygen atoms in total. The van der Waals surface area contributed by atoms with Crippen molar-refractivity contribution in [3.05, 3.63) is 59.9 Å². The van der Waals surface area contributed by atoms with Crippen LogP contribution in [-0.4, -0.2) is 34.9 Å². The number of thioether (sulfide) groups is 1. The van der Waals surface area contributed by atoms with Gasteiger partial charge in [-0.3, -0.25) is 4.79 Å². The highest BCUT2D eigenvalue weighted by atomic mass is 32.2. The third-order valence-corrected chi connectivity index (χ3v) is 6.98. The monoisotopic (exact) mass is 457 g/mol. The van der Waals surface area contributed by atoms with Gasteiger partial charge in [0.1, 0.15) is 5.82 Å². The molecule has 0 saturated carbocycles. The van der Waals surface area contributed by atoms with Crippen LogP contribution in [0.15, 0.2) is 52.9 Å². The predicted molar refractivity (Wildman–Crippen MR) is 125 cm³/mol. The fraction of sp³-hybridized carbons (Fsp3) is 0.318. The number of carbonyl (C=O) groups excluding carboxylic acids is 1. The van der Waals surface area contributed by atoms with E-state index in [0.717, 1.165) is 28.7 Å². The highest BCUT2D eigenvalue weighted by Crippen LogP contribution is 2.26. The molecule has 0 radical (unpaired) electrons. The third-order valence-electron chi connectivity index (χ3n) is 4.96. The molecule has 1 fully saturated rings. The van der Waals surface area contributed by atoms with Crippen LogP contribution in [0, 0.1) is 5.82 Å². The van der Waals surface area contributed by atoms with Gasteiger partial charge < -0.3 is 15.5 Å². The van der Waals surface area contributed by atoms with Gasteiger partial charge in [0.25, 0.3) is 0 Å². The Morgan fingerprint density at radius 3 is 2.52 bits per heavy atom. The summed E-state index contributed by atoms with van der Waals surface area (Å²) in [6.07, 6.45) is 3.79. The minimum absolute atomic E-state index is 0.0771. The SMILES string of the molecule is O=C(CSc1nnc(NCc2ccc(F)cc2)s1)Nc1ccc(N2CCCCC2)cc1. The minimum Gasteiger partial charge on any atom is -0.372 e. The number of amides is 1. The van der Waals surface area contributed by atoms with Gasteiger partial charge in [-0.05, 0) is 61.2 Å². The van der Waals surface area contributed by atoms with E-state index in [0.29, 0.717) is 11.7 Å². The van der Waals surface area contributed by atoms with Gasteiger partial charge in [-0.1, -0.05) is 35.2 Å². The average Bonchev–Trinajstić information content (AvgIpc) is 3.26. The first-order valence-electron chi connectivity index (χ1n) is 10.3. The number of rotatable bonds is 8. The molecule has 2 aromatic carbocycles. The van der Waals surface area contributed by atoms with Crippen molar-refractivity contribution in [3.63, 3.8) is 0 Å². The van der Waals surface area contributed by atoms with Crippen LogP contribution in [0.2, 0.25) is 0 Å². The quantitative estimate of drug-likeness (QED) is 0.464. The van der Waals surface area contributed by atoms with Crippen molar-refractivity contribution < 1.29 is 9.18 Å². The smallest absolute Gasteiger partial charge is 0.234 e. The van der Waals surface area contributed by atoms with Gasteiger partial charge in [-0.2, -0.15) is 0 Å². The van der Waals surface area contributed by atoms with Crippen LogP contribution in [0.3, 0.4) is 0 Å². The summed E-state index contributed by atoms with van der Waals surface area (Å²) in [4.78, 5) is 14.7. The van der Waals surface area contributed by atoms with Crippen LogP contribution in [0.25, 0.3) is 0 Å². The van der Waals surface area contributed by atoms with Gasteiger partial charge in [0, 0.05) is 31.0 Å². The van der Waals surface area contributed by atoms with Gasteiger partial charge >= 0.3 is 0 Å². The van der Waals surface area contributed by atoms with E-state index in [-0.39, 0.29) is 17.5 Å². The molecule has 31 heavy (non-hydrogen) atoms. The number of hydrogen-bond donors (Lipinski definition) is 2. The zero-order valence-corrected chi connectivity index (χ0v) is 18.6. The molecular weight excluding hydrogens is 433 g/mol. The van der Waals surface area contributed by atoms with Crippen molar-refractivity contribution in [2.24, 2.45) is 0 Å². The predicted octanol–water partition coefficient (Wildman–Crippen LogP) is 5.01. The van der Waals surface area contributed by atoms with Gasteiger partial charge in [-0.15, -0.1) is 10.2 Å². The number of piperidine rings is 1. The Labute approximate surface area is 189 Å². The first kappa shape index (κ1) is 21.6. The Morgan fingerprint density at radius 1 is 1.03 bits per heavy atom. The molecule has 1 saturated heterocycles. The van der Waals surface area contributed by atoms with E-state index in [2.05, 4.69) is 37.9 Å². The molecule has 1 aliphatic heterocycles. The van der Waals surface area contributed by atoms with Gasteiger partial charge in [-0.25, -0.2) is 4.39 Å². The van der Waals surface area contributed by atoms with Gasteiger partial charge in [0.05, 0.1) is 5.75 Å². The molecule has 0 spiro atoms. The molecule has 2 N–H and O–H groups in total. The Kier molecular flexibility index (Phi) is 7.37. The maximum Gasteiger partial charge on any atom is 0.234 e. The Bertz CT molecular complexity index is 988. The van der Waals surface area contributed by atoms with Crippen LogP contribution in [0.4, 0.5) is 20.9 Å². The van der Waals surface area contributed by atoms with Crippen molar-refractivity contribution in [2.45, 2.75) is 30.1 Å². The molecule has 3 aromatic rings. The lowest BCUT2D eigenvalue weighted by atomic mass is 10.1. The first-order valence-corrected chi connectivity index (χ1v) is 12.1. The van der Waals surface area contributed by atoms with E-state index in [4.69, 9.17) is 0 Å². The van der Waals surface area contributed by atoms with Crippen LogP contribution >= 0.6 is 23.1 Å². The fourth-order valence-electron chi connectivity index (χ4n) is 3.35. The normalized spacial score (nSPS) is 13.8. The number of nitrogens with zero attached hydrogens (tertiary/aromatic N) is 3. The number of aromatic nitrogens is 2. The topological polar surface area (TPSA) is 70.1 Å². The first-order chi connectivity index (χ1) is 15.2. The lowest BCUT2D eigenvalue weighted by Gasteiger charge is -2.28. The van der Waals surface area contributed by atoms with Crippen molar-refractivity contribution in [3.8, 4) is 0 Å². The number of carbonyl (C=O) groups is 1. The molecular formula is C22H24FN5OS2. The average molecular weight is 458 g/mol. The molecule has 1 amide bonds. The second-order valence-electron chi connectivity index (χ2n) is 7.28. The summed E-state index contributed by atoms with van der Waals surface area (Å²) in [7, 11) is 0.